The molecule has 0 heterocycles. The minimum absolute atomic E-state index is 0.0185. The molecule has 0 saturated carbocycles. The Hall–Kier alpha value is -1.07. The summed E-state index contributed by atoms with van der Waals surface area (Å²) in [5.41, 5.74) is 5.51. The van der Waals surface area contributed by atoms with Crippen LogP contribution in [0.3, 0.4) is 0 Å². The lowest BCUT2D eigenvalue weighted by Crippen LogP contribution is -2.29. The molecule has 1 unspecified atom stereocenters. The highest BCUT2D eigenvalue weighted by Gasteiger charge is 2.26. The fourth-order valence-electron chi connectivity index (χ4n) is 6.62. The van der Waals surface area contributed by atoms with Gasteiger partial charge in [0, 0.05) is 19.4 Å². The van der Waals surface area contributed by atoms with E-state index in [0.29, 0.717) is 19.5 Å². The monoisotopic (exact) mass is 820 g/mol. The molecule has 11 nitrogen and oxygen atoms in total. The number of hydrogen-bond donors (Lipinski definition) is 4. The lowest BCUT2D eigenvalue weighted by Gasteiger charge is -2.20. The van der Waals surface area contributed by atoms with E-state index in [4.69, 9.17) is 24.3 Å². The van der Waals surface area contributed by atoms with Gasteiger partial charge in [-0.3, -0.25) is 18.6 Å². The number of nitrogens with two attached hydrogens (primary N) is 1. The molecule has 0 radical (unpaired) electrons. The van der Waals surface area contributed by atoms with Crippen molar-refractivity contribution in [1.29, 1.82) is 0 Å². The van der Waals surface area contributed by atoms with Crippen molar-refractivity contribution in [2.45, 2.75) is 219 Å². The van der Waals surface area contributed by atoms with E-state index in [0.717, 1.165) is 71.0 Å². The summed E-state index contributed by atoms with van der Waals surface area (Å²) in [6.45, 7) is 7.50. The van der Waals surface area contributed by atoms with Crippen LogP contribution < -0.4 is 16.4 Å². The van der Waals surface area contributed by atoms with Crippen LogP contribution in [0.2, 0.25) is 0 Å². The fourth-order valence-corrected chi connectivity index (χ4v) is 7.37. The van der Waals surface area contributed by atoms with Crippen molar-refractivity contribution < 1.29 is 37.6 Å². The summed E-state index contributed by atoms with van der Waals surface area (Å²) in [6, 6.07) is 0. The Balaban J connectivity index is 4.43. The van der Waals surface area contributed by atoms with Crippen molar-refractivity contribution in [3.63, 3.8) is 0 Å². The minimum atomic E-state index is -4.40. The number of carbonyl (C=O) groups excluding carboxylic acids is 2. The highest BCUT2D eigenvalue weighted by molar-refractivity contribution is 7.47. The van der Waals surface area contributed by atoms with Gasteiger partial charge in [0.25, 0.3) is 0 Å². The zero-order chi connectivity index (χ0) is 41.1. The topological polar surface area (TPSA) is 158 Å². The van der Waals surface area contributed by atoms with E-state index in [1.165, 1.54) is 128 Å². The number of phosphoric acid groups is 1. The molecule has 334 valence electrons. The van der Waals surface area contributed by atoms with E-state index in [9.17, 15) is 19.0 Å². The summed E-state index contributed by atoms with van der Waals surface area (Å²) in [5, 5.41) is 6.54. The summed E-state index contributed by atoms with van der Waals surface area (Å²) < 4.78 is 33.9. The Morgan fingerprint density at radius 2 is 0.929 bits per heavy atom. The second kappa shape index (κ2) is 43.5. The van der Waals surface area contributed by atoms with Gasteiger partial charge >= 0.3 is 19.8 Å². The molecule has 0 aliphatic rings. The molecule has 0 saturated heterocycles. The summed E-state index contributed by atoms with van der Waals surface area (Å²) >= 11 is 0. The molecule has 0 fully saturated rings. The standard InChI is InChI=1S/C44H90N3O8P/c1-3-5-7-9-11-13-15-17-19-21-23-25-27-32-43(48)52-40-42(41-54-56(50,51)53-39-38-47-37-31-36-46-35-30-29-34-45)55-44(49)33-28-26-24-22-20-18-16-14-12-10-8-6-4-2/h42,46-47H,3-41,45H2,1-2H3,(H,50,51)/t42-/m1/s1. The van der Waals surface area contributed by atoms with Crippen molar-refractivity contribution in [3.8, 4) is 0 Å². The predicted octanol–water partition coefficient (Wildman–Crippen LogP) is 10.8. The Kier molecular flexibility index (Phi) is 42.7. The van der Waals surface area contributed by atoms with Crippen molar-refractivity contribution in [2.24, 2.45) is 5.73 Å². The van der Waals surface area contributed by atoms with Gasteiger partial charge in [-0.05, 0) is 58.3 Å². The maximum absolute atomic E-state index is 12.7. The second-order valence-corrected chi connectivity index (χ2v) is 17.2. The highest BCUT2D eigenvalue weighted by atomic mass is 31.2. The molecule has 56 heavy (non-hydrogen) atoms. The van der Waals surface area contributed by atoms with Gasteiger partial charge in [-0.25, -0.2) is 4.57 Å². The zero-order valence-corrected chi connectivity index (χ0v) is 37.4. The molecule has 12 heteroatoms. The zero-order valence-electron chi connectivity index (χ0n) is 36.5. The summed E-state index contributed by atoms with van der Waals surface area (Å²) in [4.78, 5) is 35.5. The van der Waals surface area contributed by atoms with Crippen molar-refractivity contribution in [3.05, 3.63) is 0 Å². The Morgan fingerprint density at radius 1 is 0.518 bits per heavy atom. The first kappa shape index (κ1) is 54.9. The van der Waals surface area contributed by atoms with Crippen LogP contribution in [0.4, 0.5) is 0 Å². The molecule has 5 N–H and O–H groups in total. The number of hydrogen-bond acceptors (Lipinski definition) is 10. The lowest BCUT2D eigenvalue weighted by molar-refractivity contribution is -0.161. The van der Waals surface area contributed by atoms with Gasteiger partial charge in [-0.1, -0.05) is 168 Å². The maximum Gasteiger partial charge on any atom is 0.472 e. The van der Waals surface area contributed by atoms with Gasteiger partial charge < -0.3 is 30.7 Å². The van der Waals surface area contributed by atoms with Crippen molar-refractivity contribution in [2.75, 3.05) is 52.5 Å². The molecule has 0 amide bonds. The maximum atomic E-state index is 12.7. The summed E-state index contributed by atoms with van der Waals surface area (Å²) in [6.07, 6.45) is 34.2. The molecule has 0 bridgehead atoms. The van der Waals surface area contributed by atoms with Crippen LogP contribution in [-0.4, -0.2) is 75.5 Å². The number of phosphoric ester groups is 1. The van der Waals surface area contributed by atoms with Gasteiger partial charge in [-0.15, -0.1) is 0 Å². The molecular formula is C44H90N3O8P. The van der Waals surface area contributed by atoms with Crippen molar-refractivity contribution >= 4 is 19.8 Å². The molecule has 0 aliphatic heterocycles. The average molecular weight is 820 g/mol. The first-order chi connectivity index (χ1) is 27.3. The highest BCUT2D eigenvalue weighted by Crippen LogP contribution is 2.43. The van der Waals surface area contributed by atoms with Crippen LogP contribution in [0.25, 0.3) is 0 Å². The summed E-state index contributed by atoms with van der Waals surface area (Å²) in [5.74, 6) is -0.799. The lowest BCUT2D eigenvalue weighted by atomic mass is 10.0. The number of ether oxygens (including phenoxy) is 2. The van der Waals surface area contributed by atoms with Crippen LogP contribution in [0.5, 0.6) is 0 Å². The average Bonchev–Trinajstić information content (AvgIpc) is 3.18. The number of esters is 2. The number of unbranched alkanes of at least 4 members (excludes halogenated alkanes) is 25. The Morgan fingerprint density at radius 3 is 1.39 bits per heavy atom. The van der Waals surface area contributed by atoms with Crippen LogP contribution in [0.15, 0.2) is 0 Å². The smallest absolute Gasteiger partial charge is 0.462 e. The SMILES string of the molecule is CCCCCCCCCCCCCCCC(=O)OC[C@H](COP(=O)(O)OCCNCCCNCCCCN)OC(=O)CCCCCCCCCCCCCCC. The van der Waals surface area contributed by atoms with Gasteiger partial charge in [0.05, 0.1) is 13.2 Å². The third-order valence-corrected chi connectivity index (χ3v) is 11.2. The van der Waals surface area contributed by atoms with Crippen LogP contribution >= 0.6 is 7.82 Å². The van der Waals surface area contributed by atoms with Crippen LogP contribution in [0.1, 0.15) is 213 Å². The predicted molar refractivity (Wildman–Crippen MR) is 232 cm³/mol. The molecular weight excluding hydrogens is 729 g/mol. The number of nitrogens with one attached hydrogen (secondary N) is 2. The molecule has 0 aromatic heterocycles. The van der Waals surface area contributed by atoms with E-state index in [2.05, 4.69) is 24.5 Å². The molecule has 2 atom stereocenters. The van der Waals surface area contributed by atoms with Crippen LogP contribution in [0, 0.1) is 0 Å². The van der Waals surface area contributed by atoms with Crippen LogP contribution in [-0.2, 0) is 32.7 Å². The number of carbonyl (C=O) groups is 2. The Bertz CT molecular complexity index is 900. The van der Waals surface area contributed by atoms with Gasteiger partial charge in [-0.2, -0.15) is 0 Å². The molecule has 0 aromatic carbocycles. The molecule has 0 rings (SSSR count). The quantitative estimate of drug-likeness (QED) is 0.0263. The van der Waals surface area contributed by atoms with Gasteiger partial charge in [0.15, 0.2) is 6.10 Å². The largest absolute Gasteiger partial charge is 0.472 e. The van der Waals surface area contributed by atoms with E-state index in [-0.39, 0.29) is 32.0 Å². The van der Waals surface area contributed by atoms with E-state index >= 15 is 0 Å². The third-order valence-electron chi connectivity index (χ3n) is 10.2. The van der Waals surface area contributed by atoms with E-state index in [1.807, 2.05) is 0 Å². The van der Waals surface area contributed by atoms with E-state index < -0.39 is 26.5 Å². The third kappa shape index (κ3) is 42.5. The normalized spacial score (nSPS) is 13.1. The number of rotatable bonds is 46. The second-order valence-electron chi connectivity index (χ2n) is 15.7. The minimum Gasteiger partial charge on any atom is -0.462 e. The van der Waals surface area contributed by atoms with Gasteiger partial charge in [0.1, 0.15) is 6.61 Å². The first-order valence-corrected chi connectivity index (χ1v) is 24.9. The molecule has 0 aromatic rings. The first-order valence-electron chi connectivity index (χ1n) is 23.4. The van der Waals surface area contributed by atoms with Gasteiger partial charge in [0.2, 0.25) is 0 Å². The fraction of sp³-hybridized carbons (Fsp3) is 0.955. The van der Waals surface area contributed by atoms with Crippen molar-refractivity contribution in [1.82, 2.24) is 10.6 Å². The summed E-state index contributed by atoms with van der Waals surface area (Å²) in [7, 11) is -4.40. The molecule has 0 aliphatic carbocycles. The Labute approximate surface area is 344 Å². The molecule has 0 spiro atoms. The van der Waals surface area contributed by atoms with E-state index in [1.54, 1.807) is 0 Å².